The minimum Gasteiger partial charge on any atom is -0.489 e. The minimum atomic E-state index is -0.752. The van der Waals surface area contributed by atoms with E-state index in [1.165, 1.54) is 5.56 Å². The third-order valence-electron chi connectivity index (χ3n) is 7.05. The summed E-state index contributed by atoms with van der Waals surface area (Å²) in [6, 6.07) is 16.6. The molecule has 6 nitrogen and oxygen atoms in total. The number of ether oxygens (including phenoxy) is 2. The minimum absolute atomic E-state index is 0.0359. The van der Waals surface area contributed by atoms with E-state index in [0.717, 1.165) is 36.5 Å². The van der Waals surface area contributed by atoms with Gasteiger partial charge in [0.1, 0.15) is 12.4 Å². The van der Waals surface area contributed by atoms with E-state index in [0.29, 0.717) is 39.3 Å². The van der Waals surface area contributed by atoms with Gasteiger partial charge in [0.05, 0.1) is 31.5 Å². The highest BCUT2D eigenvalue weighted by molar-refractivity contribution is 5.40. The lowest BCUT2D eigenvalue weighted by Gasteiger charge is -2.38. The van der Waals surface area contributed by atoms with Gasteiger partial charge in [-0.1, -0.05) is 63.2 Å². The average molecular weight is 469 g/mol. The fraction of sp³-hybridized carbons (Fsp3) is 0.571. The molecule has 34 heavy (non-hydrogen) atoms. The van der Waals surface area contributed by atoms with E-state index in [9.17, 15) is 10.2 Å². The predicted molar refractivity (Wildman–Crippen MR) is 134 cm³/mol. The Morgan fingerprint density at radius 1 is 1.00 bits per heavy atom. The van der Waals surface area contributed by atoms with E-state index in [4.69, 9.17) is 9.47 Å². The van der Waals surface area contributed by atoms with Gasteiger partial charge in [0, 0.05) is 38.3 Å². The van der Waals surface area contributed by atoms with Crippen molar-refractivity contribution in [2.75, 3.05) is 39.4 Å². The van der Waals surface area contributed by atoms with Crippen molar-refractivity contribution in [2.45, 2.75) is 64.0 Å². The Hall–Kier alpha value is -1.96. The normalized spacial score (nSPS) is 25.1. The third kappa shape index (κ3) is 6.37. The van der Waals surface area contributed by atoms with Crippen molar-refractivity contribution in [2.24, 2.45) is 0 Å². The van der Waals surface area contributed by atoms with Crippen LogP contribution >= 0.6 is 0 Å². The first-order valence-corrected chi connectivity index (χ1v) is 12.5. The molecule has 6 heteroatoms. The number of rotatable bonds is 6. The van der Waals surface area contributed by atoms with Crippen molar-refractivity contribution in [3.05, 3.63) is 65.2 Å². The molecule has 2 N–H and O–H groups in total. The quantitative estimate of drug-likeness (QED) is 0.679. The maximum Gasteiger partial charge on any atom is 0.124 e. The molecule has 0 unspecified atom stereocenters. The maximum atomic E-state index is 10.9. The zero-order valence-electron chi connectivity index (χ0n) is 20.8. The molecule has 2 aromatic rings. The van der Waals surface area contributed by atoms with Crippen LogP contribution in [0.4, 0.5) is 0 Å². The van der Waals surface area contributed by atoms with Crippen molar-refractivity contribution < 1.29 is 19.7 Å². The number of aliphatic hydroxyl groups is 2. The Bertz CT molecular complexity index is 908. The fourth-order valence-electron chi connectivity index (χ4n) is 4.88. The third-order valence-corrected chi connectivity index (χ3v) is 7.05. The molecule has 0 saturated carbocycles. The van der Waals surface area contributed by atoms with Gasteiger partial charge in [0.25, 0.3) is 0 Å². The SMILES string of the molecule is CC(C)(C)c1ccc(OCc2ccccc2)c(CN2CC[C@@H](O)[C@@H](O)[C@H](N3CCOCC3)C2)c1. The second-order valence-corrected chi connectivity index (χ2v) is 10.6. The van der Waals surface area contributed by atoms with E-state index >= 15 is 0 Å². The Morgan fingerprint density at radius 2 is 1.74 bits per heavy atom. The van der Waals surface area contributed by atoms with E-state index in [2.05, 4.69) is 60.9 Å². The molecule has 0 aromatic heterocycles. The number of likely N-dealkylation sites (tertiary alicyclic amines) is 1. The largest absolute Gasteiger partial charge is 0.489 e. The number of hydrogen-bond acceptors (Lipinski definition) is 6. The molecule has 0 bridgehead atoms. The van der Waals surface area contributed by atoms with Gasteiger partial charge in [-0.15, -0.1) is 0 Å². The average Bonchev–Trinajstić information content (AvgIpc) is 2.97. The summed E-state index contributed by atoms with van der Waals surface area (Å²) in [4.78, 5) is 4.63. The Morgan fingerprint density at radius 3 is 2.44 bits per heavy atom. The summed E-state index contributed by atoms with van der Waals surface area (Å²) in [6.07, 6.45) is -0.911. The molecule has 2 saturated heterocycles. The van der Waals surface area contributed by atoms with E-state index in [1.54, 1.807) is 0 Å². The van der Waals surface area contributed by atoms with E-state index in [-0.39, 0.29) is 11.5 Å². The summed E-state index contributed by atoms with van der Waals surface area (Å²) in [5.74, 6) is 0.894. The molecule has 2 aliphatic heterocycles. The highest BCUT2D eigenvalue weighted by Gasteiger charge is 2.36. The smallest absolute Gasteiger partial charge is 0.124 e. The van der Waals surface area contributed by atoms with Crippen LogP contribution in [0.15, 0.2) is 48.5 Å². The van der Waals surface area contributed by atoms with Crippen LogP contribution in [0, 0.1) is 0 Å². The number of hydrogen-bond donors (Lipinski definition) is 2. The summed E-state index contributed by atoms with van der Waals surface area (Å²) < 4.78 is 11.8. The summed E-state index contributed by atoms with van der Waals surface area (Å²) in [5, 5.41) is 21.5. The molecular weight excluding hydrogens is 428 g/mol. The van der Waals surface area contributed by atoms with Crippen LogP contribution in [0.25, 0.3) is 0 Å². The Balaban J connectivity index is 1.55. The van der Waals surface area contributed by atoms with Crippen LogP contribution in [0.3, 0.4) is 0 Å². The van der Waals surface area contributed by atoms with Crippen LogP contribution < -0.4 is 4.74 Å². The van der Waals surface area contributed by atoms with Gasteiger partial charge in [-0.25, -0.2) is 0 Å². The van der Waals surface area contributed by atoms with Gasteiger partial charge in [-0.2, -0.15) is 0 Å². The lowest BCUT2D eigenvalue weighted by Crippen LogP contribution is -2.55. The van der Waals surface area contributed by atoms with Crippen molar-refractivity contribution in [1.82, 2.24) is 9.80 Å². The highest BCUT2D eigenvalue weighted by atomic mass is 16.5. The van der Waals surface area contributed by atoms with Gasteiger partial charge < -0.3 is 19.7 Å². The molecule has 2 aliphatic rings. The van der Waals surface area contributed by atoms with Crippen molar-refractivity contribution in [1.29, 1.82) is 0 Å². The summed E-state index contributed by atoms with van der Waals surface area (Å²) in [7, 11) is 0. The standard InChI is InChI=1S/C28H40N2O4/c1-28(2,3)23-9-10-26(34-20-21-7-5-4-6-8-21)22(17-23)18-29-12-11-25(31)27(32)24(19-29)30-13-15-33-16-14-30/h4-10,17,24-25,27,31-32H,11-16,18-20H2,1-3H3/t24-,25-,27+/m1/s1. The Labute approximate surface area is 204 Å². The van der Waals surface area contributed by atoms with Crippen molar-refractivity contribution in [3.8, 4) is 5.75 Å². The second kappa shape index (κ2) is 11.2. The molecule has 3 atom stereocenters. The first-order chi connectivity index (χ1) is 16.3. The van der Waals surface area contributed by atoms with Crippen LogP contribution in [0.2, 0.25) is 0 Å². The molecular formula is C28H40N2O4. The predicted octanol–water partition coefficient (Wildman–Crippen LogP) is 3.19. The Kier molecular flexibility index (Phi) is 8.27. The molecule has 2 aromatic carbocycles. The molecule has 2 fully saturated rings. The molecule has 0 amide bonds. The molecule has 0 radical (unpaired) electrons. The van der Waals surface area contributed by atoms with Gasteiger partial charge in [-0.05, 0) is 29.0 Å². The maximum absolute atomic E-state index is 10.9. The van der Waals surface area contributed by atoms with Crippen LogP contribution in [0.1, 0.15) is 43.9 Å². The van der Waals surface area contributed by atoms with Gasteiger partial charge >= 0.3 is 0 Å². The van der Waals surface area contributed by atoms with Crippen LogP contribution in [-0.2, 0) is 23.3 Å². The zero-order valence-corrected chi connectivity index (χ0v) is 20.8. The van der Waals surface area contributed by atoms with Gasteiger partial charge in [0.15, 0.2) is 0 Å². The van der Waals surface area contributed by atoms with E-state index < -0.39 is 12.2 Å². The summed E-state index contributed by atoms with van der Waals surface area (Å²) in [5.41, 5.74) is 3.60. The van der Waals surface area contributed by atoms with Gasteiger partial charge in [0.2, 0.25) is 0 Å². The van der Waals surface area contributed by atoms with E-state index in [1.807, 2.05) is 18.2 Å². The number of nitrogens with zero attached hydrogens (tertiary/aromatic N) is 2. The monoisotopic (exact) mass is 468 g/mol. The summed E-state index contributed by atoms with van der Waals surface area (Å²) >= 11 is 0. The molecule has 186 valence electrons. The van der Waals surface area contributed by atoms with Crippen LogP contribution in [-0.4, -0.2) is 77.7 Å². The van der Waals surface area contributed by atoms with Gasteiger partial charge in [-0.3, -0.25) is 9.80 Å². The second-order valence-electron chi connectivity index (χ2n) is 10.6. The fourth-order valence-corrected chi connectivity index (χ4v) is 4.88. The lowest BCUT2D eigenvalue weighted by atomic mass is 9.86. The molecule has 0 spiro atoms. The van der Waals surface area contributed by atoms with Crippen LogP contribution in [0.5, 0.6) is 5.75 Å². The topological polar surface area (TPSA) is 65.4 Å². The molecule has 2 heterocycles. The summed E-state index contributed by atoms with van der Waals surface area (Å²) in [6.45, 7) is 12.3. The number of aliphatic hydroxyl groups excluding tert-OH is 2. The number of morpholine rings is 1. The van der Waals surface area contributed by atoms with Crippen molar-refractivity contribution >= 4 is 0 Å². The first kappa shape index (κ1) is 25.1. The zero-order chi connectivity index (χ0) is 24.1. The number of benzene rings is 2. The van der Waals surface area contributed by atoms with Crippen molar-refractivity contribution in [3.63, 3.8) is 0 Å². The first-order valence-electron chi connectivity index (χ1n) is 12.5. The lowest BCUT2D eigenvalue weighted by molar-refractivity contribution is -0.0618. The highest BCUT2D eigenvalue weighted by Crippen LogP contribution is 2.30. The molecule has 0 aliphatic carbocycles. The molecule has 4 rings (SSSR count).